The van der Waals surface area contributed by atoms with Crippen molar-refractivity contribution < 1.29 is 14.3 Å². The number of amides is 1. The van der Waals surface area contributed by atoms with Crippen LogP contribution < -0.4 is 20.3 Å². The molecule has 1 amide bonds. The molecule has 8 heteroatoms. The van der Waals surface area contributed by atoms with Gasteiger partial charge in [0, 0.05) is 18.3 Å². The quantitative estimate of drug-likeness (QED) is 0.626. The molecule has 0 bridgehead atoms. The number of pyridine rings is 1. The van der Waals surface area contributed by atoms with E-state index in [2.05, 4.69) is 15.3 Å². The normalized spacial score (nSPS) is 13.0. The molecule has 2 heterocycles. The molecule has 31 heavy (non-hydrogen) atoms. The lowest BCUT2D eigenvalue weighted by Crippen LogP contribution is -2.33. The lowest BCUT2D eigenvalue weighted by atomic mass is 9.95. The van der Waals surface area contributed by atoms with Gasteiger partial charge in [-0.05, 0) is 55.4 Å². The van der Waals surface area contributed by atoms with Crippen molar-refractivity contribution in [2.45, 2.75) is 38.6 Å². The minimum Gasteiger partial charge on any atom is -0.497 e. The minimum absolute atomic E-state index is 0.0847. The van der Waals surface area contributed by atoms with Gasteiger partial charge in [0.2, 0.25) is 5.91 Å². The summed E-state index contributed by atoms with van der Waals surface area (Å²) < 4.78 is 11.9. The van der Waals surface area contributed by atoms with Crippen LogP contribution in [0.15, 0.2) is 35.4 Å². The molecule has 0 fully saturated rings. The summed E-state index contributed by atoms with van der Waals surface area (Å²) in [6.07, 6.45) is 6.08. The van der Waals surface area contributed by atoms with Crippen LogP contribution in [-0.2, 0) is 30.6 Å². The van der Waals surface area contributed by atoms with E-state index in [1.807, 2.05) is 24.3 Å². The van der Waals surface area contributed by atoms with Crippen LogP contribution in [0.4, 0.5) is 0 Å². The van der Waals surface area contributed by atoms with Crippen molar-refractivity contribution in [3.63, 3.8) is 0 Å². The number of carbonyl (C=O) groups excluding carboxylic acids is 1. The molecule has 1 aliphatic carbocycles. The van der Waals surface area contributed by atoms with Gasteiger partial charge in [-0.1, -0.05) is 6.07 Å². The van der Waals surface area contributed by atoms with Crippen LogP contribution in [0, 0.1) is 0 Å². The predicted octanol–water partition coefficient (Wildman–Crippen LogP) is 2.05. The highest BCUT2D eigenvalue weighted by Gasteiger charge is 2.15. The molecular formula is C23H26N4O4. The maximum atomic E-state index is 12.9. The molecule has 2 aromatic heterocycles. The number of methoxy groups -OCH3 is 2. The van der Waals surface area contributed by atoms with Crippen LogP contribution >= 0.6 is 0 Å². The van der Waals surface area contributed by atoms with Gasteiger partial charge >= 0.3 is 0 Å². The highest BCUT2D eigenvalue weighted by atomic mass is 16.5. The molecule has 3 aromatic rings. The molecule has 4 rings (SSSR count). The van der Waals surface area contributed by atoms with Gasteiger partial charge < -0.3 is 14.8 Å². The van der Waals surface area contributed by atoms with E-state index in [1.165, 1.54) is 10.9 Å². The van der Waals surface area contributed by atoms with Crippen LogP contribution in [0.5, 0.6) is 11.5 Å². The largest absolute Gasteiger partial charge is 0.497 e. The van der Waals surface area contributed by atoms with E-state index < -0.39 is 0 Å². The number of nitrogens with one attached hydrogen (secondary N) is 1. The third-order valence-corrected chi connectivity index (χ3v) is 5.62. The summed E-state index contributed by atoms with van der Waals surface area (Å²) in [5.74, 6) is 1.17. The summed E-state index contributed by atoms with van der Waals surface area (Å²) in [5.41, 5.74) is 3.33. The van der Waals surface area contributed by atoms with Crippen molar-refractivity contribution >= 4 is 16.9 Å². The van der Waals surface area contributed by atoms with E-state index in [9.17, 15) is 9.59 Å². The van der Waals surface area contributed by atoms with Gasteiger partial charge in [-0.15, -0.1) is 0 Å². The number of fused-ring (bicyclic) bond motifs is 2. The maximum Gasteiger partial charge on any atom is 0.263 e. The van der Waals surface area contributed by atoms with Crippen molar-refractivity contribution in [2.75, 3.05) is 20.8 Å². The Morgan fingerprint density at radius 3 is 2.81 bits per heavy atom. The number of benzene rings is 1. The molecule has 1 aliphatic rings. The molecule has 0 unspecified atom stereocenters. The predicted molar refractivity (Wildman–Crippen MR) is 117 cm³/mol. The fourth-order valence-electron chi connectivity index (χ4n) is 3.93. The number of rotatable bonds is 7. The first-order chi connectivity index (χ1) is 15.1. The SMILES string of the molecule is COc1ccc(CCNC(=O)Cn2cnc3nc4c(cc3c2=O)CCCC4)c(OC)c1. The molecule has 0 spiro atoms. The van der Waals surface area contributed by atoms with Crippen molar-refractivity contribution in [3.05, 3.63) is 57.8 Å². The minimum atomic E-state index is -0.248. The van der Waals surface area contributed by atoms with Crippen molar-refractivity contribution in [1.29, 1.82) is 0 Å². The van der Waals surface area contributed by atoms with Crippen molar-refractivity contribution in [1.82, 2.24) is 19.9 Å². The molecule has 0 saturated carbocycles. The van der Waals surface area contributed by atoms with Crippen LogP contribution in [0.3, 0.4) is 0 Å². The smallest absolute Gasteiger partial charge is 0.263 e. The first-order valence-corrected chi connectivity index (χ1v) is 10.4. The Bertz CT molecular complexity index is 1170. The Kier molecular flexibility index (Phi) is 6.16. The van der Waals surface area contributed by atoms with E-state index >= 15 is 0 Å². The molecule has 0 atom stereocenters. The Morgan fingerprint density at radius 1 is 1.16 bits per heavy atom. The molecule has 0 radical (unpaired) electrons. The summed E-state index contributed by atoms with van der Waals surface area (Å²) in [4.78, 5) is 34.2. The van der Waals surface area contributed by atoms with E-state index in [4.69, 9.17) is 9.47 Å². The molecule has 8 nitrogen and oxygen atoms in total. The van der Waals surface area contributed by atoms with Gasteiger partial charge in [-0.25, -0.2) is 9.97 Å². The fourth-order valence-corrected chi connectivity index (χ4v) is 3.93. The molecule has 0 aliphatic heterocycles. The van der Waals surface area contributed by atoms with Gasteiger partial charge in [0.15, 0.2) is 5.65 Å². The maximum absolute atomic E-state index is 12.9. The van der Waals surface area contributed by atoms with E-state index in [-0.39, 0.29) is 18.0 Å². The summed E-state index contributed by atoms with van der Waals surface area (Å²) in [7, 11) is 3.20. The Hall–Kier alpha value is -3.42. The van der Waals surface area contributed by atoms with Crippen molar-refractivity contribution in [3.8, 4) is 11.5 Å². The molecule has 0 saturated heterocycles. The second-order valence-electron chi connectivity index (χ2n) is 7.63. The molecule has 162 valence electrons. The first-order valence-electron chi connectivity index (χ1n) is 10.4. The second-order valence-corrected chi connectivity index (χ2v) is 7.63. The molecular weight excluding hydrogens is 396 g/mol. The second kappa shape index (κ2) is 9.16. The Labute approximate surface area is 180 Å². The van der Waals surface area contributed by atoms with Crippen LogP contribution in [0.2, 0.25) is 0 Å². The zero-order chi connectivity index (χ0) is 21.8. The van der Waals surface area contributed by atoms with Gasteiger partial charge in [-0.2, -0.15) is 0 Å². The van der Waals surface area contributed by atoms with E-state index in [0.29, 0.717) is 35.5 Å². The number of carbonyl (C=O) groups is 1. The van der Waals surface area contributed by atoms with Gasteiger partial charge in [-0.3, -0.25) is 14.2 Å². The average Bonchev–Trinajstić information content (AvgIpc) is 2.80. The standard InChI is InChI=1S/C23H26N4O4/c1-30-17-8-7-15(20(12-17)31-2)9-10-24-21(28)13-27-14-25-22-18(23(27)29)11-16-5-3-4-6-19(16)26-22/h7-8,11-12,14H,3-6,9-10,13H2,1-2H3,(H,24,28). The molecule has 1 N–H and O–H groups in total. The Morgan fingerprint density at radius 2 is 2.00 bits per heavy atom. The van der Waals surface area contributed by atoms with Gasteiger partial charge in [0.1, 0.15) is 24.4 Å². The Balaban J connectivity index is 1.42. The lowest BCUT2D eigenvalue weighted by Gasteiger charge is -2.15. The third-order valence-electron chi connectivity index (χ3n) is 5.62. The summed E-state index contributed by atoms with van der Waals surface area (Å²) in [6.45, 7) is 0.338. The van der Waals surface area contributed by atoms with Gasteiger partial charge in [0.05, 0.1) is 19.6 Å². The zero-order valence-electron chi connectivity index (χ0n) is 17.8. The number of ether oxygens (including phenoxy) is 2. The highest BCUT2D eigenvalue weighted by molar-refractivity contribution is 5.77. The zero-order valence-corrected chi connectivity index (χ0v) is 17.8. The first kappa shape index (κ1) is 20.8. The number of aryl methyl sites for hydroxylation is 2. The average molecular weight is 422 g/mol. The fraction of sp³-hybridized carbons (Fsp3) is 0.391. The summed E-state index contributed by atoms with van der Waals surface area (Å²) >= 11 is 0. The van der Waals surface area contributed by atoms with Crippen LogP contribution in [0.25, 0.3) is 11.0 Å². The van der Waals surface area contributed by atoms with E-state index in [1.54, 1.807) is 14.2 Å². The van der Waals surface area contributed by atoms with Crippen LogP contribution in [-0.4, -0.2) is 41.2 Å². The number of aromatic nitrogens is 3. The highest BCUT2D eigenvalue weighted by Crippen LogP contribution is 2.24. The number of nitrogens with zero attached hydrogens (tertiary/aromatic N) is 3. The molecule has 1 aromatic carbocycles. The van der Waals surface area contributed by atoms with Gasteiger partial charge in [0.25, 0.3) is 5.56 Å². The number of hydrogen-bond donors (Lipinski definition) is 1. The lowest BCUT2D eigenvalue weighted by molar-refractivity contribution is -0.121. The third kappa shape index (κ3) is 4.52. The summed E-state index contributed by atoms with van der Waals surface area (Å²) in [6, 6.07) is 7.47. The number of hydrogen-bond acceptors (Lipinski definition) is 6. The summed E-state index contributed by atoms with van der Waals surface area (Å²) in [5, 5.41) is 3.33. The monoisotopic (exact) mass is 422 g/mol. The topological polar surface area (TPSA) is 95.3 Å². The van der Waals surface area contributed by atoms with Crippen molar-refractivity contribution in [2.24, 2.45) is 0 Å². The van der Waals surface area contributed by atoms with Crippen LogP contribution in [0.1, 0.15) is 29.7 Å². The van der Waals surface area contributed by atoms with E-state index in [0.717, 1.165) is 42.5 Å².